The van der Waals surface area contributed by atoms with E-state index < -0.39 is 0 Å². The molecule has 9 heteroatoms. The molecule has 3 aromatic rings. The van der Waals surface area contributed by atoms with E-state index in [1.54, 1.807) is 29.5 Å². The standard InChI is InChI=1S/C26H29N5O3S/c32-25(19-28-14-16-29(17-15-28)22-11-5-6-12-23(22)31(33)34)30(18-20-8-2-1-3-9-20)26-27-21-10-4-7-13-24(21)35-26/h1-3,5-6,8-9,11-12H,4,7,10,13-19H2. The molecule has 0 radical (unpaired) electrons. The zero-order valence-electron chi connectivity index (χ0n) is 19.6. The van der Waals surface area contributed by atoms with Crippen molar-refractivity contribution in [3.05, 3.63) is 80.8 Å². The quantitative estimate of drug-likeness (QED) is 0.362. The van der Waals surface area contributed by atoms with Crippen LogP contribution in [0.1, 0.15) is 29.0 Å². The van der Waals surface area contributed by atoms with Gasteiger partial charge in [0.1, 0.15) is 5.69 Å². The number of para-hydroxylation sites is 2. The average molecular weight is 492 g/mol. The highest BCUT2D eigenvalue weighted by Gasteiger charge is 2.28. The molecular formula is C26H29N5O3S. The lowest BCUT2D eigenvalue weighted by molar-refractivity contribution is -0.384. The summed E-state index contributed by atoms with van der Waals surface area (Å²) in [5, 5.41) is 12.2. The minimum absolute atomic E-state index is 0.0408. The molecule has 0 bridgehead atoms. The van der Waals surface area contributed by atoms with E-state index in [0.29, 0.717) is 45.0 Å². The number of amides is 1. The number of nitro groups is 1. The second-order valence-corrected chi connectivity index (χ2v) is 10.1. The van der Waals surface area contributed by atoms with E-state index >= 15 is 0 Å². The molecule has 0 spiro atoms. The number of fused-ring (bicyclic) bond motifs is 1. The number of rotatable bonds is 7. The van der Waals surface area contributed by atoms with Crippen molar-refractivity contribution >= 4 is 33.8 Å². The maximum absolute atomic E-state index is 13.6. The van der Waals surface area contributed by atoms with Crippen molar-refractivity contribution in [1.82, 2.24) is 9.88 Å². The van der Waals surface area contributed by atoms with Gasteiger partial charge in [-0.05, 0) is 37.3 Å². The molecule has 1 aromatic heterocycles. The second kappa shape index (κ2) is 10.5. The zero-order chi connectivity index (χ0) is 24.2. The molecular weight excluding hydrogens is 462 g/mol. The molecule has 1 amide bonds. The van der Waals surface area contributed by atoms with Gasteiger partial charge in [0.25, 0.3) is 5.69 Å². The number of aryl methyl sites for hydroxylation is 2. The number of benzene rings is 2. The van der Waals surface area contributed by atoms with Crippen LogP contribution in [0.25, 0.3) is 0 Å². The van der Waals surface area contributed by atoms with Gasteiger partial charge in [-0.2, -0.15) is 0 Å². The Morgan fingerprint density at radius 2 is 1.71 bits per heavy atom. The number of thiazole rings is 1. The van der Waals surface area contributed by atoms with E-state index in [1.165, 1.54) is 11.3 Å². The summed E-state index contributed by atoms with van der Waals surface area (Å²) >= 11 is 1.66. The lowest BCUT2D eigenvalue weighted by atomic mass is 10.0. The van der Waals surface area contributed by atoms with Crippen molar-refractivity contribution in [2.45, 2.75) is 32.2 Å². The first-order chi connectivity index (χ1) is 17.1. The first-order valence-corrected chi connectivity index (χ1v) is 12.9. The third-order valence-corrected chi connectivity index (χ3v) is 7.88. The third kappa shape index (κ3) is 5.36. The van der Waals surface area contributed by atoms with Crippen LogP contribution in [-0.2, 0) is 24.2 Å². The number of carbonyl (C=O) groups is 1. The van der Waals surface area contributed by atoms with Crippen molar-refractivity contribution in [3.8, 4) is 0 Å². The van der Waals surface area contributed by atoms with E-state index in [1.807, 2.05) is 46.2 Å². The first kappa shape index (κ1) is 23.4. The summed E-state index contributed by atoms with van der Waals surface area (Å²) < 4.78 is 0. The average Bonchev–Trinajstić information content (AvgIpc) is 3.32. The maximum Gasteiger partial charge on any atom is 0.292 e. The second-order valence-electron chi connectivity index (χ2n) is 9.05. The van der Waals surface area contributed by atoms with E-state index in [4.69, 9.17) is 4.98 Å². The molecule has 35 heavy (non-hydrogen) atoms. The van der Waals surface area contributed by atoms with Crippen LogP contribution in [0.4, 0.5) is 16.5 Å². The highest BCUT2D eigenvalue weighted by atomic mass is 32.1. The number of piperazine rings is 1. The molecule has 1 fully saturated rings. The highest BCUT2D eigenvalue weighted by Crippen LogP contribution is 2.33. The number of hydrogen-bond donors (Lipinski definition) is 0. The number of nitrogens with zero attached hydrogens (tertiary/aromatic N) is 5. The molecule has 0 unspecified atom stereocenters. The highest BCUT2D eigenvalue weighted by molar-refractivity contribution is 7.15. The molecule has 0 atom stereocenters. The zero-order valence-corrected chi connectivity index (χ0v) is 20.5. The van der Waals surface area contributed by atoms with Crippen LogP contribution in [0.15, 0.2) is 54.6 Å². The Labute approximate surface area is 209 Å². The van der Waals surface area contributed by atoms with Crippen LogP contribution < -0.4 is 9.80 Å². The third-order valence-electron chi connectivity index (χ3n) is 6.70. The monoisotopic (exact) mass is 491 g/mol. The summed E-state index contributed by atoms with van der Waals surface area (Å²) in [6.45, 7) is 3.44. The van der Waals surface area contributed by atoms with Gasteiger partial charge >= 0.3 is 0 Å². The number of nitro benzene ring substituents is 1. The van der Waals surface area contributed by atoms with E-state index in [2.05, 4.69) is 4.90 Å². The van der Waals surface area contributed by atoms with Crippen molar-refractivity contribution in [1.29, 1.82) is 0 Å². The van der Waals surface area contributed by atoms with Crippen molar-refractivity contribution in [2.24, 2.45) is 0 Å². The molecule has 1 saturated heterocycles. The number of carbonyl (C=O) groups excluding carboxylic acids is 1. The molecule has 1 aliphatic heterocycles. The summed E-state index contributed by atoms with van der Waals surface area (Å²) in [5.74, 6) is 0.0408. The summed E-state index contributed by atoms with van der Waals surface area (Å²) in [6.07, 6.45) is 4.39. The van der Waals surface area contributed by atoms with Crippen LogP contribution in [0, 0.1) is 10.1 Å². The van der Waals surface area contributed by atoms with Gasteiger partial charge in [0, 0.05) is 37.1 Å². The fraction of sp³-hybridized carbons (Fsp3) is 0.385. The lowest BCUT2D eigenvalue weighted by Crippen LogP contribution is -2.50. The topological polar surface area (TPSA) is 82.8 Å². The molecule has 5 rings (SSSR count). The van der Waals surface area contributed by atoms with Crippen LogP contribution >= 0.6 is 11.3 Å². The summed E-state index contributed by atoms with van der Waals surface area (Å²) in [5.41, 5.74) is 3.00. The fourth-order valence-electron chi connectivity index (χ4n) is 4.79. The Kier molecular flexibility index (Phi) is 7.06. The van der Waals surface area contributed by atoms with Gasteiger partial charge in [0.05, 0.1) is 23.7 Å². The van der Waals surface area contributed by atoms with Gasteiger partial charge in [-0.25, -0.2) is 4.98 Å². The van der Waals surface area contributed by atoms with Gasteiger partial charge in [-0.1, -0.05) is 42.5 Å². The molecule has 2 aliphatic rings. The smallest absolute Gasteiger partial charge is 0.292 e. The van der Waals surface area contributed by atoms with E-state index in [-0.39, 0.29) is 16.5 Å². The number of anilines is 2. The summed E-state index contributed by atoms with van der Waals surface area (Å²) in [6, 6.07) is 16.9. The largest absolute Gasteiger partial charge is 0.363 e. The number of aromatic nitrogens is 1. The van der Waals surface area contributed by atoms with Crippen LogP contribution in [0.3, 0.4) is 0 Å². The molecule has 0 saturated carbocycles. The Morgan fingerprint density at radius 3 is 2.46 bits per heavy atom. The van der Waals surface area contributed by atoms with Gasteiger partial charge in [-0.15, -0.1) is 11.3 Å². The molecule has 1 aliphatic carbocycles. The molecule has 182 valence electrons. The van der Waals surface area contributed by atoms with Crippen LogP contribution in [-0.4, -0.2) is 53.4 Å². The van der Waals surface area contributed by atoms with Crippen molar-refractivity contribution in [3.63, 3.8) is 0 Å². The molecule has 0 N–H and O–H groups in total. The first-order valence-electron chi connectivity index (χ1n) is 12.1. The minimum Gasteiger partial charge on any atom is -0.363 e. The van der Waals surface area contributed by atoms with Crippen LogP contribution in [0.5, 0.6) is 0 Å². The van der Waals surface area contributed by atoms with Gasteiger partial charge in [-0.3, -0.25) is 24.7 Å². The van der Waals surface area contributed by atoms with Gasteiger partial charge in [0.2, 0.25) is 5.91 Å². The summed E-state index contributed by atoms with van der Waals surface area (Å²) in [7, 11) is 0. The Bertz CT molecular complexity index is 1170. The van der Waals surface area contributed by atoms with Crippen molar-refractivity contribution in [2.75, 3.05) is 42.5 Å². The Hall–Kier alpha value is -3.30. The Balaban J connectivity index is 1.28. The molecule has 2 aromatic carbocycles. The molecule has 8 nitrogen and oxygen atoms in total. The van der Waals surface area contributed by atoms with Crippen LogP contribution in [0.2, 0.25) is 0 Å². The predicted molar refractivity (Wildman–Crippen MR) is 138 cm³/mol. The SMILES string of the molecule is O=C(CN1CCN(c2ccccc2[N+](=O)[O-])CC1)N(Cc1ccccc1)c1nc2c(s1)CCCC2. The molecule has 2 heterocycles. The normalized spacial score (nSPS) is 16.1. The van der Waals surface area contributed by atoms with E-state index in [9.17, 15) is 14.9 Å². The van der Waals surface area contributed by atoms with Gasteiger partial charge in [0.15, 0.2) is 5.13 Å². The summed E-state index contributed by atoms with van der Waals surface area (Å²) in [4.78, 5) is 36.9. The predicted octanol–water partition coefficient (Wildman–Crippen LogP) is 4.29. The lowest BCUT2D eigenvalue weighted by Gasteiger charge is -2.36. The fourth-order valence-corrected chi connectivity index (χ4v) is 5.96. The van der Waals surface area contributed by atoms with E-state index in [0.717, 1.165) is 35.7 Å². The minimum atomic E-state index is -0.333. The van der Waals surface area contributed by atoms with Crippen molar-refractivity contribution < 1.29 is 9.72 Å². The Morgan fingerprint density at radius 1 is 1.00 bits per heavy atom. The number of hydrogen-bond acceptors (Lipinski definition) is 7. The van der Waals surface area contributed by atoms with Gasteiger partial charge < -0.3 is 4.90 Å². The maximum atomic E-state index is 13.6.